The summed E-state index contributed by atoms with van der Waals surface area (Å²) in [5.74, 6) is 1.68. The Hall–Kier alpha value is -7.97. The average Bonchev–Trinajstić information content (AvgIpc) is 4.13. The predicted octanol–water partition coefficient (Wildman–Crippen LogP) is 16.7. The zero-order valence-corrected chi connectivity index (χ0v) is 35.5. The Morgan fingerprint density at radius 1 is 0.297 bits per heavy atom. The maximum absolute atomic E-state index is 6.62. The van der Waals surface area contributed by atoms with Crippen molar-refractivity contribution in [2.24, 2.45) is 0 Å². The van der Waals surface area contributed by atoms with E-state index in [0.717, 1.165) is 66.1 Å². The van der Waals surface area contributed by atoms with Gasteiger partial charge in [0.25, 0.3) is 0 Å². The van der Waals surface area contributed by atoms with Crippen LogP contribution in [0.15, 0.2) is 197 Å². The van der Waals surface area contributed by atoms with E-state index in [-0.39, 0.29) is 0 Å². The molecule has 0 aliphatic heterocycles. The number of benzene rings is 9. The highest BCUT2D eigenvalue weighted by Crippen LogP contribution is 2.47. The molecule has 0 fully saturated rings. The van der Waals surface area contributed by atoms with E-state index in [4.69, 9.17) is 23.8 Å². The Bertz CT molecular complexity index is 4220. The molecule has 0 bridgehead atoms. The lowest BCUT2D eigenvalue weighted by Gasteiger charge is -2.10. The summed E-state index contributed by atoms with van der Waals surface area (Å²) in [7, 11) is 0. The van der Waals surface area contributed by atoms with Crippen LogP contribution in [-0.2, 0) is 0 Å². The number of para-hydroxylation sites is 2. The van der Waals surface area contributed by atoms with Crippen molar-refractivity contribution in [1.29, 1.82) is 0 Å². The Balaban J connectivity index is 0.967. The summed E-state index contributed by atoms with van der Waals surface area (Å²) in [4.78, 5) is 15.5. The summed E-state index contributed by atoms with van der Waals surface area (Å²) in [5.41, 5.74) is 10.5. The number of thiophene rings is 2. The molecule has 14 rings (SSSR count). The van der Waals surface area contributed by atoms with Crippen molar-refractivity contribution in [2.75, 3.05) is 0 Å². The maximum atomic E-state index is 6.62. The second-order valence-electron chi connectivity index (χ2n) is 16.2. The standard InChI is InChI=1S/C57H31N3O2S2/c1-2-12-32(13-3-1)55-58-56(60-57(59-55)42-20-8-18-40-37-14-4-6-21-44(37)62-54(40)42)41-19-9-22-46-51(41)43-30-33(27-29-45(43)61-46)35-16-10-24-48-52(35)53-36(17-11-25-49(53)64-48)34-26-28-39-38-15-5-7-23-47(38)63-50(39)31-34/h1-31H. The van der Waals surface area contributed by atoms with E-state index >= 15 is 0 Å². The van der Waals surface area contributed by atoms with E-state index in [0.29, 0.717) is 17.5 Å². The van der Waals surface area contributed by atoms with Crippen LogP contribution in [0.2, 0.25) is 0 Å². The highest BCUT2D eigenvalue weighted by molar-refractivity contribution is 7.26. The first kappa shape index (κ1) is 35.6. The van der Waals surface area contributed by atoms with E-state index in [1.807, 2.05) is 95.5 Å². The SMILES string of the molecule is c1ccc(-c2nc(-c3cccc4c3oc3ccccc34)nc(-c3cccc4oc5ccc(-c6cccc7sc8cccc(-c9ccc%10c(c9)sc9ccccc9%10)c8c67)cc5c34)n2)cc1. The number of rotatable bonds is 5. The minimum atomic E-state index is 0.539. The number of fused-ring (bicyclic) bond motifs is 12. The maximum Gasteiger partial charge on any atom is 0.167 e. The van der Waals surface area contributed by atoms with Gasteiger partial charge in [-0.3, -0.25) is 0 Å². The van der Waals surface area contributed by atoms with Crippen LogP contribution >= 0.6 is 22.7 Å². The Morgan fingerprint density at radius 3 is 1.70 bits per heavy atom. The molecular formula is C57H31N3O2S2. The molecule has 0 saturated heterocycles. The smallest absolute Gasteiger partial charge is 0.167 e. The monoisotopic (exact) mass is 853 g/mol. The predicted molar refractivity (Wildman–Crippen MR) is 267 cm³/mol. The van der Waals surface area contributed by atoms with Gasteiger partial charge in [-0.25, -0.2) is 15.0 Å². The zero-order valence-electron chi connectivity index (χ0n) is 33.9. The highest BCUT2D eigenvalue weighted by atomic mass is 32.1. The van der Waals surface area contributed by atoms with Gasteiger partial charge in [0.05, 0.1) is 5.56 Å². The first-order chi connectivity index (χ1) is 31.7. The van der Waals surface area contributed by atoms with Crippen molar-refractivity contribution >= 4 is 107 Å². The molecule has 5 heterocycles. The van der Waals surface area contributed by atoms with Gasteiger partial charge in [-0.1, -0.05) is 133 Å². The lowest BCUT2D eigenvalue weighted by molar-refractivity contribution is 0.668. The van der Waals surface area contributed by atoms with Crippen molar-refractivity contribution in [3.63, 3.8) is 0 Å². The average molecular weight is 854 g/mol. The van der Waals surface area contributed by atoms with Crippen LogP contribution < -0.4 is 0 Å². The topological polar surface area (TPSA) is 65.0 Å². The van der Waals surface area contributed by atoms with Crippen molar-refractivity contribution in [3.8, 4) is 56.4 Å². The van der Waals surface area contributed by atoms with Gasteiger partial charge in [-0.15, -0.1) is 22.7 Å². The molecule has 5 nitrogen and oxygen atoms in total. The number of nitrogens with zero attached hydrogens (tertiary/aromatic N) is 3. The van der Waals surface area contributed by atoms with Gasteiger partial charge in [0.15, 0.2) is 17.5 Å². The third-order valence-corrected chi connectivity index (χ3v) is 14.8. The molecule has 14 aromatic rings. The van der Waals surface area contributed by atoms with Crippen molar-refractivity contribution < 1.29 is 8.83 Å². The van der Waals surface area contributed by atoms with Crippen LogP contribution in [0.25, 0.3) is 141 Å². The molecular weight excluding hydrogens is 823 g/mol. The minimum absolute atomic E-state index is 0.539. The van der Waals surface area contributed by atoms with E-state index in [9.17, 15) is 0 Å². The number of hydrogen-bond acceptors (Lipinski definition) is 7. The molecule has 7 heteroatoms. The largest absolute Gasteiger partial charge is 0.456 e. The molecule has 0 atom stereocenters. The molecule has 0 aliphatic carbocycles. The molecule has 0 aliphatic rings. The number of aromatic nitrogens is 3. The summed E-state index contributed by atoms with van der Waals surface area (Å²) in [6, 6.07) is 66.2. The summed E-state index contributed by atoms with van der Waals surface area (Å²) in [5, 5.41) is 9.19. The molecule has 5 aromatic heterocycles. The molecule has 0 spiro atoms. The molecule has 9 aromatic carbocycles. The molecule has 0 amide bonds. The number of furan rings is 2. The lowest BCUT2D eigenvalue weighted by atomic mass is 9.93. The molecule has 64 heavy (non-hydrogen) atoms. The van der Waals surface area contributed by atoms with Gasteiger partial charge < -0.3 is 8.83 Å². The normalized spacial score (nSPS) is 12.1. The Labute approximate surface area is 373 Å². The first-order valence-corrected chi connectivity index (χ1v) is 22.9. The van der Waals surface area contributed by atoms with Crippen molar-refractivity contribution in [2.45, 2.75) is 0 Å². The third kappa shape index (κ3) is 5.38. The van der Waals surface area contributed by atoms with Crippen LogP contribution in [-0.4, -0.2) is 15.0 Å². The Kier molecular flexibility index (Phi) is 7.66. The van der Waals surface area contributed by atoms with E-state index < -0.39 is 0 Å². The number of hydrogen-bond donors (Lipinski definition) is 0. The second kappa shape index (κ2) is 13.8. The van der Waals surface area contributed by atoms with E-state index in [1.54, 1.807) is 0 Å². The molecule has 0 saturated carbocycles. The minimum Gasteiger partial charge on any atom is -0.456 e. The summed E-state index contributed by atoms with van der Waals surface area (Å²) in [6.45, 7) is 0. The van der Waals surface area contributed by atoms with Crippen LogP contribution in [0.4, 0.5) is 0 Å². The fourth-order valence-electron chi connectivity index (χ4n) is 9.68. The van der Waals surface area contributed by atoms with Gasteiger partial charge in [0.2, 0.25) is 0 Å². The quantitative estimate of drug-likeness (QED) is 0.173. The lowest BCUT2D eigenvalue weighted by Crippen LogP contribution is -2.00. The van der Waals surface area contributed by atoms with E-state index in [2.05, 4.69) is 115 Å². The van der Waals surface area contributed by atoms with Gasteiger partial charge in [0, 0.05) is 73.0 Å². The highest BCUT2D eigenvalue weighted by Gasteiger charge is 2.22. The van der Waals surface area contributed by atoms with Crippen molar-refractivity contribution in [1.82, 2.24) is 15.0 Å². The molecule has 0 N–H and O–H groups in total. The molecule has 0 unspecified atom stereocenters. The van der Waals surface area contributed by atoms with Crippen LogP contribution in [0.1, 0.15) is 0 Å². The fourth-order valence-corrected chi connectivity index (χ4v) is 12.0. The van der Waals surface area contributed by atoms with Gasteiger partial charge in [-0.2, -0.15) is 0 Å². The second-order valence-corrected chi connectivity index (χ2v) is 18.4. The van der Waals surface area contributed by atoms with E-state index in [1.165, 1.54) is 57.0 Å². The van der Waals surface area contributed by atoms with Gasteiger partial charge in [0.1, 0.15) is 22.3 Å². The fraction of sp³-hybridized carbons (Fsp3) is 0. The first-order valence-electron chi connectivity index (χ1n) is 21.2. The van der Waals surface area contributed by atoms with Crippen LogP contribution in [0.3, 0.4) is 0 Å². The summed E-state index contributed by atoms with van der Waals surface area (Å²) in [6.07, 6.45) is 0. The Morgan fingerprint density at radius 2 is 0.859 bits per heavy atom. The summed E-state index contributed by atoms with van der Waals surface area (Å²) >= 11 is 3.71. The van der Waals surface area contributed by atoms with Gasteiger partial charge in [-0.05, 0) is 76.9 Å². The molecule has 298 valence electrons. The third-order valence-electron chi connectivity index (χ3n) is 12.6. The van der Waals surface area contributed by atoms with Crippen LogP contribution in [0, 0.1) is 0 Å². The molecule has 0 radical (unpaired) electrons. The van der Waals surface area contributed by atoms with Crippen LogP contribution in [0.5, 0.6) is 0 Å². The summed E-state index contributed by atoms with van der Waals surface area (Å²) < 4.78 is 18.3. The zero-order chi connectivity index (χ0) is 41.9. The van der Waals surface area contributed by atoms with Gasteiger partial charge >= 0.3 is 0 Å². The van der Waals surface area contributed by atoms with Crippen molar-refractivity contribution in [3.05, 3.63) is 188 Å².